The number of hydrazine groups is 1. The van der Waals surface area contributed by atoms with Gasteiger partial charge in [-0.05, 0) is 45.4 Å². The number of carbonyl (C=O) groups is 2. The highest BCUT2D eigenvalue weighted by molar-refractivity contribution is 5.95. The van der Waals surface area contributed by atoms with Crippen LogP contribution in [-0.2, 0) is 0 Å². The predicted molar refractivity (Wildman–Crippen MR) is 92.3 cm³/mol. The third-order valence-corrected chi connectivity index (χ3v) is 3.18. The van der Waals surface area contributed by atoms with Gasteiger partial charge in [0.05, 0.1) is 13.2 Å². The minimum Gasteiger partial charge on any atom is -0.493 e. The minimum atomic E-state index is -0.448. The van der Waals surface area contributed by atoms with Gasteiger partial charge in [-0.1, -0.05) is 13.3 Å². The first-order valence-electron chi connectivity index (χ1n) is 8.08. The van der Waals surface area contributed by atoms with Crippen molar-refractivity contribution in [1.29, 1.82) is 0 Å². The molecule has 1 atom stereocenters. The van der Waals surface area contributed by atoms with Gasteiger partial charge >= 0.3 is 6.03 Å². The summed E-state index contributed by atoms with van der Waals surface area (Å²) in [6.07, 6.45) is 1.84. The second kappa shape index (κ2) is 9.64. The van der Waals surface area contributed by atoms with Gasteiger partial charge in [0.25, 0.3) is 5.91 Å². The molecule has 0 aliphatic heterocycles. The van der Waals surface area contributed by atoms with Gasteiger partial charge in [-0.2, -0.15) is 0 Å². The molecule has 7 nitrogen and oxygen atoms in total. The van der Waals surface area contributed by atoms with Crippen molar-refractivity contribution in [3.63, 3.8) is 0 Å². The van der Waals surface area contributed by atoms with E-state index in [0.717, 1.165) is 12.8 Å². The van der Waals surface area contributed by atoms with Crippen LogP contribution >= 0.6 is 0 Å². The normalized spacial score (nSPS) is 11.6. The fourth-order valence-corrected chi connectivity index (χ4v) is 2.11. The first kappa shape index (κ1) is 19.6. The number of hydrogen-bond donors (Lipinski definition) is 3. The zero-order valence-electron chi connectivity index (χ0n) is 14.9. The molecule has 0 saturated heterocycles. The molecular formula is C17H27N3O4. The predicted octanol–water partition coefficient (Wildman–Crippen LogP) is 2.62. The molecule has 0 bridgehead atoms. The summed E-state index contributed by atoms with van der Waals surface area (Å²) in [6, 6.07) is 4.42. The third kappa shape index (κ3) is 6.36. The second-order valence-electron chi connectivity index (χ2n) is 5.77. The van der Waals surface area contributed by atoms with Crippen LogP contribution in [-0.4, -0.2) is 31.2 Å². The van der Waals surface area contributed by atoms with Crippen LogP contribution in [0.4, 0.5) is 4.79 Å². The zero-order chi connectivity index (χ0) is 18.1. The van der Waals surface area contributed by atoms with Crippen molar-refractivity contribution in [3.8, 4) is 11.5 Å². The van der Waals surface area contributed by atoms with E-state index >= 15 is 0 Å². The number of hydrogen-bond acceptors (Lipinski definition) is 4. The number of ether oxygens (including phenoxy) is 2. The average Bonchev–Trinajstić information content (AvgIpc) is 2.52. The van der Waals surface area contributed by atoms with Crippen LogP contribution < -0.4 is 25.6 Å². The van der Waals surface area contributed by atoms with Crippen molar-refractivity contribution in [3.05, 3.63) is 23.8 Å². The lowest BCUT2D eigenvalue weighted by Crippen LogP contribution is -2.49. The number of rotatable bonds is 7. The van der Waals surface area contributed by atoms with Crippen LogP contribution in [0.5, 0.6) is 11.5 Å². The lowest BCUT2D eigenvalue weighted by atomic mass is 10.2. The van der Waals surface area contributed by atoms with E-state index in [9.17, 15) is 9.59 Å². The molecular weight excluding hydrogens is 310 g/mol. The molecule has 7 heteroatoms. The molecule has 1 unspecified atom stereocenters. The molecule has 3 N–H and O–H groups in total. The van der Waals surface area contributed by atoms with Crippen molar-refractivity contribution in [2.24, 2.45) is 0 Å². The Labute approximate surface area is 143 Å². The third-order valence-electron chi connectivity index (χ3n) is 3.18. The smallest absolute Gasteiger partial charge is 0.333 e. The number of nitrogens with one attached hydrogen (secondary N) is 3. The molecule has 0 spiro atoms. The van der Waals surface area contributed by atoms with Gasteiger partial charge in [-0.25, -0.2) is 10.2 Å². The van der Waals surface area contributed by atoms with Gasteiger partial charge in [-0.3, -0.25) is 10.2 Å². The van der Waals surface area contributed by atoms with Gasteiger partial charge in [0, 0.05) is 11.6 Å². The monoisotopic (exact) mass is 337 g/mol. The lowest BCUT2D eigenvalue weighted by molar-refractivity contribution is 0.0935. The molecule has 1 aromatic rings. The van der Waals surface area contributed by atoms with Crippen molar-refractivity contribution in [2.45, 2.75) is 52.7 Å². The van der Waals surface area contributed by atoms with Crippen LogP contribution in [0.25, 0.3) is 0 Å². The van der Waals surface area contributed by atoms with Crippen LogP contribution in [0.15, 0.2) is 18.2 Å². The van der Waals surface area contributed by atoms with E-state index in [1.807, 2.05) is 27.7 Å². The number of carbonyl (C=O) groups excluding carboxylic acids is 2. The Hall–Kier alpha value is -2.44. The second-order valence-corrected chi connectivity index (χ2v) is 5.77. The Bertz CT molecular complexity index is 561. The fraction of sp³-hybridized carbons (Fsp3) is 0.529. The largest absolute Gasteiger partial charge is 0.493 e. The van der Waals surface area contributed by atoms with Gasteiger partial charge < -0.3 is 14.8 Å². The van der Waals surface area contributed by atoms with E-state index in [2.05, 4.69) is 16.2 Å². The maximum Gasteiger partial charge on any atom is 0.333 e. The van der Waals surface area contributed by atoms with E-state index in [1.54, 1.807) is 18.2 Å². The van der Waals surface area contributed by atoms with E-state index in [1.165, 1.54) is 7.11 Å². The summed E-state index contributed by atoms with van der Waals surface area (Å²) in [4.78, 5) is 23.8. The molecule has 0 aromatic heterocycles. The first-order valence-corrected chi connectivity index (χ1v) is 8.08. The molecule has 1 aromatic carbocycles. The Morgan fingerprint density at radius 2 is 1.83 bits per heavy atom. The standard InChI is InChI=1S/C17H27N3O4/c1-6-7-12(4)18-17(22)20-19-16(21)13-8-9-14(24-11(2)3)15(10-13)23-5/h8-12H,6-7H2,1-5H3,(H,19,21)(H2,18,20,22). The molecule has 0 aliphatic rings. The Kier molecular flexibility index (Phi) is 7.88. The molecule has 0 aliphatic carbocycles. The van der Waals surface area contributed by atoms with Crippen molar-refractivity contribution in [2.75, 3.05) is 7.11 Å². The molecule has 24 heavy (non-hydrogen) atoms. The van der Waals surface area contributed by atoms with Crippen LogP contribution in [0.3, 0.4) is 0 Å². The van der Waals surface area contributed by atoms with Crippen molar-refractivity contribution >= 4 is 11.9 Å². The van der Waals surface area contributed by atoms with Gasteiger partial charge in [0.2, 0.25) is 0 Å². The van der Waals surface area contributed by atoms with E-state index < -0.39 is 11.9 Å². The summed E-state index contributed by atoms with van der Waals surface area (Å²) in [5.41, 5.74) is 5.05. The van der Waals surface area contributed by atoms with Crippen molar-refractivity contribution in [1.82, 2.24) is 16.2 Å². The van der Waals surface area contributed by atoms with E-state index in [0.29, 0.717) is 17.1 Å². The molecule has 0 fully saturated rings. The number of methoxy groups -OCH3 is 1. The van der Waals surface area contributed by atoms with Crippen LogP contribution in [0.1, 0.15) is 50.9 Å². The summed E-state index contributed by atoms with van der Waals surface area (Å²) in [6.45, 7) is 7.76. The van der Waals surface area contributed by atoms with E-state index in [-0.39, 0.29) is 12.1 Å². The van der Waals surface area contributed by atoms with Gasteiger partial charge in [0.15, 0.2) is 11.5 Å². The Morgan fingerprint density at radius 3 is 2.42 bits per heavy atom. The number of urea groups is 1. The average molecular weight is 337 g/mol. The molecule has 134 valence electrons. The number of amides is 3. The highest BCUT2D eigenvalue weighted by Crippen LogP contribution is 2.28. The van der Waals surface area contributed by atoms with Crippen LogP contribution in [0, 0.1) is 0 Å². The fourth-order valence-electron chi connectivity index (χ4n) is 2.11. The van der Waals surface area contributed by atoms with Crippen molar-refractivity contribution < 1.29 is 19.1 Å². The summed E-state index contributed by atoms with van der Waals surface area (Å²) >= 11 is 0. The Morgan fingerprint density at radius 1 is 1.12 bits per heavy atom. The first-order chi connectivity index (χ1) is 11.4. The number of benzene rings is 1. The van der Waals surface area contributed by atoms with Gasteiger partial charge in [0.1, 0.15) is 0 Å². The topological polar surface area (TPSA) is 88.7 Å². The van der Waals surface area contributed by atoms with E-state index in [4.69, 9.17) is 9.47 Å². The highest BCUT2D eigenvalue weighted by Gasteiger charge is 2.13. The summed E-state index contributed by atoms with van der Waals surface area (Å²) < 4.78 is 10.8. The highest BCUT2D eigenvalue weighted by atomic mass is 16.5. The quantitative estimate of drug-likeness (QED) is 0.667. The molecule has 0 saturated carbocycles. The molecule has 0 heterocycles. The van der Waals surface area contributed by atoms with Crippen LogP contribution in [0.2, 0.25) is 0 Å². The summed E-state index contributed by atoms with van der Waals surface area (Å²) in [5.74, 6) is 0.572. The molecule has 0 radical (unpaired) electrons. The zero-order valence-corrected chi connectivity index (χ0v) is 14.9. The maximum atomic E-state index is 12.1. The molecule has 1 rings (SSSR count). The molecule has 3 amide bonds. The summed E-state index contributed by atoms with van der Waals surface area (Å²) in [7, 11) is 1.50. The minimum absolute atomic E-state index is 0.00551. The maximum absolute atomic E-state index is 12.1. The van der Waals surface area contributed by atoms with Gasteiger partial charge in [-0.15, -0.1) is 0 Å². The summed E-state index contributed by atoms with van der Waals surface area (Å²) in [5, 5.41) is 2.73. The Balaban J connectivity index is 2.63. The lowest BCUT2D eigenvalue weighted by Gasteiger charge is -2.15. The SMILES string of the molecule is CCCC(C)NC(=O)NNC(=O)c1ccc(OC(C)C)c(OC)c1.